The average molecular weight is 251 g/mol. The van der Waals surface area contributed by atoms with Crippen LogP contribution in [0.4, 0.5) is 0 Å². The summed E-state index contributed by atoms with van der Waals surface area (Å²) in [6, 6.07) is 6.24. The first-order valence-electron chi connectivity index (χ1n) is 6.72. The van der Waals surface area contributed by atoms with Crippen molar-refractivity contribution in [2.75, 3.05) is 20.8 Å². The predicted octanol–water partition coefficient (Wildman–Crippen LogP) is 3.54. The Morgan fingerprint density at radius 2 is 1.67 bits per heavy atom. The van der Waals surface area contributed by atoms with Gasteiger partial charge >= 0.3 is 0 Å². The molecule has 0 saturated heterocycles. The maximum Gasteiger partial charge on any atom is 0.127 e. The molecule has 0 fully saturated rings. The number of methoxy groups -OCH3 is 2. The molecule has 0 heterocycles. The summed E-state index contributed by atoms with van der Waals surface area (Å²) in [4.78, 5) is 0. The van der Waals surface area contributed by atoms with Gasteiger partial charge in [-0.3, -0.25) is 0 Å². The van der Waals surface area contributed by atoms with Gasteiger partial charge in [-0.2, -0.15) is 0 Å². The molecule has 1 unspecified atom stereocenters. The van der Waals surface area contributed by atoms with Gasteiger partial charge in [0.1, 0.15) is 11.5 Å². The Bertz CT molecular complexity index is 330. The molecule has 0 bridgehead atoms. The zero-order valence-corrected chi connectivity index (χ0v) is 12.0. The summed E-state index contributed by atoms with van der Waals surface area (Å²) in [5, 5.41) is 3.58. The molecule has 0 aliphatic carbocycles. The van der Waals surface area contributed by atoms with Crippen molar-refractivity contribution in [3.05, 3.63) is 23.8 Å². The number of hydrogen-bond acceptors (Lipinski definition) is 3. The molecular formula is C15H25NO2. The molecule has 1 N–H and O–H groups in total. The number of hydrogen-bond donors (Lipinski definition) is 1. The summed E-state index contributed by atoms with van der Waals surface area (Å²) < 4.78 is 11.0. The van der Waals surface area contributed by atoms with Crippen LogP contribution in [0, 0.1) is 0 Å². The third-order valence-electron chi connectivity index (χ3n) is 3.03. The molecule has 0 saturated carbocycles. The summed E-state index contributed by atoms with van der Waals surface area (Å²) in [7, 11) is 3.42. The van der Waals surface area contributed by atoms with Gasteiger partial charge in [0, 0.05) is 6.04 Å². The van der Waals surface area contributed by atoms with Crippen LogP contribution < -0.4 is 14.8 Å². The molecular weight excluding hydrogens is 226 g/mol. The molecule has 0 spiro atoms. The van der Waals surface area contributed by atoms with Crippen molar-refractivity contribution in [2.24, 2.45) is 0 Å². The molecule has 0 aromatic heterocycles. The average Bonchev–Trinajstić information content (AvgIpc) is 2.42. The lowest BCUT2D eigenvalue weighted by molar-refractivity contribution is 0.365. The molecule has 0 aliphatic heterocycles. The quantitative estimate of drug-likeness (QED) is 0.766. The lowest BCUT2D eigenvalue weighted by Crippen LogP contribution is -2.23. The van der Waals surface area contributed by atoms with E-state index in [1.54, 1.807) is 14.2 Å². The zero-order chi connectivity index (χ0) is 13.4. The van der Waals surface area contributed by atoms with Crippen molar-refractivity contribution in [3.8, 4) is 11.5 Å². The lowest BCUT2D eigenvalue weighted by Gasteiger charge is -2.23. The lowest BCUT2D eigenvalue weighted by atomic mass is 10.00. The Kier molecular flexibility index (Phi) is 6.58. The van der Waals surface area contributed by atoms with Crippen LogP contribution in [-0.4, -0.2) is 20.8 Å². The Morgan fingerprint density at radius 1 is 1.06 bits per heavy atom. The highest BCUT2D eigenvalue weighted by Gasteiger charge is 2.19. The third kappa shape index (κ3) is 3.64. The van der Waals surface area contributed by atoms with Gasteiger partial charge in [0.2, 0.25) is 0 Å². The maximum atomic E-state index is 5.48. The first-order valence-corrected chi connectivity index (χ1v) is 6.72. The smallest absolute Gasteiger partial charge is 0.127 e. The number of ether oxygens (including phenoxy) is 2. The minimum Gasteiger partial charge on any atom is -0.496 e. The van der Waals surface area contributed by atoms with Crippen LogP contribution in [0.1, 0.15) is 44.7 Å². The van der Waals surface area contributed by atoms with E-state index < -0.39 is 0 Å². The molecule has 0 radical (unpaired) electrons. The summed E-state index contributed by atoms with van der Waals surface area (Å²) in [6.45, 7) is 5.38. The van der Waals surface area contributed by atoms with Crippen LogP contribution in [0.25, 0.3) is 0 Å². The topological polar surface area (TPSA) is 30.5 Å². The molecule has 0 amide bonds. The van der Waals surface area contributed by atoms with Crippen molar-refractivity contribution in [1.29, 1.82) is 0 Å². The fourth-order valence-corrected chi connectivity index (χ4v) is 2.18. The normalized spacial score (nSPS) is 12.2. The Labute approximate surface area is 110 Å². The second kappa shape index (κ2) is 7.98. The standard InChI is InChI=1S/C15H25NO2/c1-5-8-12(16-11-6-2)15-13(17-3)9-7-10-14(15)18-4/h7,9-10,12,16H,5-6,8,11H2,1-4H3. The minimum absolute atomic E-state index is 0.293. The van der Waals surface area contributed by atoms with E-state index in [1.165, 1.54) is 0 Å². The molecule has 0 aliphatic rings. The molecule has 3 heteroatoms. The van der Waals surface area contributed by atoms with Crippen molar-refractivity contribution in [3.63, 3.8) is 0 Å². The van der Waals surface area contributed by atoms with Gasteiger partial charge in [-0.25, -0.2) is 0 Å². The van der Waals surface area contributed by atoms with E-state index >= 15 is 0 Å². The number of nitrogens with one attached hydrogen (secondary N) is 1. The number of rotatable bonds is 8. The van der Waals surface area contributed by atoms with E-state index in [1.807, 2.05) is 18.2 Å². The monoisotopic (exact) mass is 251 g/mol. The highest BCUT2D eigenvalue weighted by molar-refractivity contribution is 5.47. The van der Waals surface area contributed by atoms with E-state index in [-0.39, 0.29) is 0 Å². The minimum atomic E-state index is 0.293. The molecule has 18 heavy (non-hydrogen) atoms. The zero-order valence-electron chi connectivity index (χ0n) is 12.0. The summed E-state index contributed by atoms with van der Waals surface area (Å²) in [6.07, 6.45) is 3.33. The van der Waals surface area contributed by atoms with Gasteiger partial charge in [0.25, 0.3) is 0 Å². The van der Waals surface area contributed by atoms with Crippen molar-refractivity contribution in [2.45, 2.75) is 39.2 Å². The fraction of sp³-hybridized carbons (Fsp3) is 0.600. The van der Waals surface area contributed by atoms with Crippen LogP contribution in [0.3, 0.4) is 0 Å². The summed E-state index contributed by atoms with van der Waals surface area (Å²) in [5.41, 5.74) is 1.14. The van der Waals surface area contributed by atoms with Gasteiger partial charge in [-0.1, -0.05) is 26.3 Å². The van der Waals surface area contributed by atoms with Crippen LogP contribution in [0.5, 0.6) is 11.5 Å². The molecule has 1 rings (SSSR count). The fourth-order valence-electron chi connectivity index (χ4n) is 2.18. The first-order chi connectivity index (χ1) is 8.78. The highest BCUT2D eigenvalue weighted by atomic mass is 16.5. The van der Waals surface area contributed by atoms with Crippen molar-refractivity contribution >= 4 is 0 Å². The van der Waals surface area contributed by atoms with Gasteiger partial charge in [-0.05, 0) is 31.5 Å². The molecule has 1 aromatic carbocycles. The van der Waals surface area contributed by atoms with Gasteiger partial charge < -0.3 is 14.8 Å². The van der Waals surface area contributed by atoms with Crippen LogP contribution in [0.2, 0.25) is 0 Å². The van der Waals surface area contributed by atoms with Crippen LogP contribution in [0.15, 0.2) is 18.2 Å². The predicted molar refractivity (Wildman–Crippen MR) is 75.5 cm³/mol. The van der Waals surface area contributed by atoms with E-state index in [2.05, 4.69) is 19.2 Å². The second-order valence-corrected chi connectivity index (χ2v) is 4.37. The number of benzene rings is 1. The van der Waals surface area contributed by atoms with E-state index in [4.69, 9.17) is 9.47 Å². The van der Waals surface area contributed by atoms with E-state index in [0.717, 1.165) is 42.9 Å². The van der Waals surface area contributed by atoms with Crippen molar-refractivity contribution < 1.29 is 9.47 Å². The van der Waals surface area contributed by atoms with Crippen molar-refractivity contribution in [1.82, 2.24) is 5.32 Å². The Hall–Kier alpha value is -1.22. The molecule has 1 atom stereocenters. The summed E-state index contributed by atoms with van der Waals surface area (Å²) >= 11 is 0. The molecule has 1 aromatic rings. The summed E-state index contributed by atoms with van der Waals surface area (Å²) in [5.74, 6) is 1.80. The SMILES string of the molecule is CCCNC(CCC)c1c(OC)cccc1OC. The second-order valence-electron chi connectivity index (χ2n) is 4.37. The van der Waals surface area contributed by atoms with Crippen LogP contribution in [-0.2, 0) is 0 Å². The van der Waals surface area contributed by atoms with E-state index in [0.29, 0.717) is 6.04 Å². The van der Waals surface area contributed by atoms with Gasteiger partial charge in [0.05, 0.1) is 19.8 Å². The maximum absolute atomic E-state index is 5.48. The Morgan fingerprint density at radius 3 is 2.11 bits per heavy atom. The Balaban J connectivity index is 3.06. The van der Waals surface area contributed by atoms with Gasteiger partial charge in [0.15, 0.2) is 0 Å². The largest absolute Gasteiger partial charge is 0.496 e. The van der Waals surface area contributed by atoms with E-state index in [9.17, 15) is 0 Å². The van der Waals surface area contributed by atoms with Crippen LogP contribution >= 0.6 is 0 Å². The first kappa shape index (κ1) is 14.8. The highest BCUT2D eigenvalue weighted by Crippen LogP contribution is 2.35. The third-order valence-corrected chi connectivity index (χ3v) is 3.03. The molecule has 102 valence electrons. The molecule has 3 nitrogen and oxygen atoms in total. The van der Waals surface area contributed by atoms with Gasteiger partial charge in [-0.15, -0.1) is 0 Å².